The maximum absolute atomic E-state index is 14.2. The lowest BCUT2D eigenvalue weighted by atomic mass is 10.0. The Labute approximate surface area is 111 Å². The number of rotatable bonds is 6. The number of benzene rings is 1. The van der Waals surface area contributed by atoms with Gasteiger partial charge in [0.05, 0.1) is 6.54 Å². The molecule has 1 aromatic carbocycles. The summed E-state index contributed by atoms with van der Waals surface area (Å²) < 4.78 is 28.3. The monoisotopic (exact) mass is 271 g/mol. The maximum Gasteiger partial charge on any atom is 0.323 e. The van der Waals surface area contributed by atoms with Crippen LogP contribution in [-0.2, 0) is 10.7 Å². The van der Waals surface area contributed by atoms with E-state index in [4.69, 9.17) is 5.11 Å². The van der Waals surface area contributed by atoms with E-state index in [1.807, 2.05) is 0 Å². The first kappa shape index (κ1) is 15.6. The number of hydrogen-bond acceptors (Lipinski definition) is 2. The first-order valence-corrected chi connectivity index (χ1v) is 6.13. The number of carboxylic acids is 1. The Morgan fingerprint density at radius 2 is 1.79 bits per heavy atom. The molecule has 0 aliphatic heterocycles. The van der Waals surface area contributed by atoms with Crippen LogP contribution in [0.3, 0.4) is 0 Å². The molecule has 19 heavy (non-hydrogen) atoms. The second-order valence-electron chi connectivity index (χ2n) is 4.95. The Morgan fingerprint density at radius 3 is 2.21 bits per heavy atom. The van der Waals surface area contributed by atoms with Gasteiger partial charge < -0.3 is 5.11 Å². The highest BCUT2D eigenvalue weighted by atomic mass is 19.3. The van der Waals surface area contributed by atoms with E-state index < -0.39 is 24.0 Å². The molecule has 0 saturated heterocycles. The Balaban J connectivity index is 2.95. The molecule has 0 fully saturated rings. The lowest BCUT2D eigenvalue weighted by Crippen LogP contribution is -2.53. The molecule has 0 heterocycles. The fourth-order valence-electron chi connectivity index (χ4n) is 1.85. The minimum Gasteiger partial charge on any atom is -0.480 e. The van der Waals surface area contributed by atoms with Crippen LogP contribution in [0.2, 0.25) is 0 Å². The van der Waals surface area contributed by atoms with Crippen molar-refractivity contribution in [1.29, 1.82) is 0 Å². The molecule has 0 bridgehead atoms. The molecule has 1 rings (SSSR count). The number of nitrogens with zero attached hydrogens (tertiary/aromatic N) is 1. The largest absolute Gasteiger partial charge is 0.480 e. The van der Waals surface area contributed by atoms with Gasteiger partial charge in [-0.05, 0) is 20.4 Å². The van der Waals surface area contributed by atoms with E-state index in [-0.39, 0.29) is 12.1 Å². The van der Waals surface area contributed by atoms with Crippen LogP contribution >= 0.6 is 0 Å². The second kappa shape index (κ2) is 5.65. The molecule has 1 N–H and O–H groups in total. The third-order valence-corrected chi connectivity index (χ3v) is 3.28. The average molecular weight is 271 g/mol. The normalized spacial score (nSPS) is 12.7. The molecule has 0 aliphatic carbocycles. The van der Waals surface area contributed by atoms with E-state index in [1.165, 1.54) is 30.9 Å². The molecule has 5 heteroatoms. The predicted molar refractivity (Wildman–Crippen MR) is 69.3 cm³/mol. The predicted octanol–water partition coefficient (Wildman–Crippen LogP) is 2.96. The molecule has 0 aromatic heterocycles. The Hall–Kier alpha value is -1.49. The number of likely N-dealkylation sites (N-methyl/N-ethyl adjacent to an activating group) is 1. The van der Waals surface area contributed by atoms with Crippen LogP contribution < -0.4 is 0 Å². The highest BCUT2D eigenvalue weighted by Crippen LogP contribution is 2.31. The number of carboxylic acid groups (broad SMARTS) is 1. The van der Waals surface area contributed by atoms with Gasteiger partial charge in [-0.1, -0.05) is 37.3 Å². The molecule has 0 aliphatic rings. The summed E-state index contributed by atoms with van der Waals surface area (Å²) in [6, 6.07) is 7.45. The third-order valence-electron chi connectivity index (χ3n) is 3.28. The van der Waals surface area contributed by atoms with Crippen molar-refractivity contribution < 1.29 is 18.7 Å². The van der Waals surface area contributed by atoms with E-state index in [9.17, 15) is 13.6 Å². The lowest BCUT2D eigenvalue weighted by molar-refractivity contribution is -0.153. The van der Waals surface area contributed by atoms with Crippen LogP contribution in [0.25, 0.3) is 0 Å². The summed E-state index contributed by atoms with van der Waals surface area (Å²) in [5.74, 6) is -4.19. The number of aliphatic carboxylic acids is 1. The van der Waals surface area contributed by atoms with Crippen molar-refractivity contribution in [1.82, 2.24) is 4.90 Å². The zero-order valence-electron chi connectivity index (χ0n) is 11.4. The number of halogens is 2. The first-order chi connectivity index (χ1) is 8.71. The van der Waals surface area contributed by atoms with Crippen molar-refractivity contribution >= 4 is 5.97 Å². The van der Waals surface area contributed by atoms with E-state index in [1.54, 1.807) is 25.1 Å². The van der Waals surface area contributed by atoms with Crippen molar-refractivity contribution in [3.63, 3.8) is 0 Å². The first-order valence-electron chi connectivity index (χ1n) is 6.13. The van der Waals surface area contributed by atoms with E-state index in [0.29, 0.717) is 0 Å². The fraction of sp³-hybridized carbons (Fsp3) is 0.500. The van der Waals surface area contributed by atoms with Gasteiger partial charge in [-0.2, -0.15) is 8.78 Å². The van der Waals surface area contributed by atoms with Crippen molar-refractivity contribution in [2.75, 3.05) is 13.1 Å². The Bertz CT molecular complexity index is 432. The Morgan fingerprint density at radius 1 is 1.26 bits per heavy atom. The van der Waals surface area contributed by atoms with Gasteiger partial charge >= 0.3 is 5.97 Å². The summed E-state index contributed by atoms with van der Waals surface area (Å²) in [5.41, 5.74) is -1.43. The molecule has 0 atom stereocenters. The minimum absolute atomic E-state index is 0.102. The smallest absolute Gasteiger partial charge is 0.323 e. The topological polar surface area (TPSA) is 40.5 Å². The van der Waals surface area contributed by atoms with Crippen molar-refractivity contribution in [3.05, 3.63) is 35.9 Å². The van der Waals surface area contributed by atoms with Gasteiger partial charge in [0.2, 0.25) is 0 Å². The average Bonchev–Trinajstić information content (AvgIpc) is 2.36. The van der Waals surface area contributed by atoms with Crippen LogP contribution in [0.5, 0.6) is 0 Å². The summed E-state index contributed by atoms with van der Waals surface area (Å²) in [6.45, 7) is 4.15. The molecule has 0 radical (unpaired) electrons. The zero-order chi connectivity index (χ0) is 14.7. The van der Waals surface area contributed by atoms with Gasteiger partial charge in [-0.15, -0.1) is 0 Å². The lowest BCUT2D eigenvalue weighted by Gasteiger charge is -2.36. The van der Waals surface area contributed by atoms with Gasteiger partial charge in [0.25, 0.3) is 5.92 Å². The quantitative estimate of drug-likeness (QED) is 0.864. The summed E-state index contributed by atoms with van der Waals surface area (Å²) in [5, 5.41) is 9.12. The molecule has 1 aromatic rings. The molecule has 0 amide bonds. The van der Waals surface area contributed by atoms with Gasteiger partial charge in [-0.3, -0.25) is 9.69 Å². The zero-order valence-corrected chi connectivity index (χ0v) is 11.4. The molecule has 3 nitrogen and oxygen atoms in total. The van der Waals surface area contributed by atoms with Crippen LogP contribution in [0.1, 0.15) is 26.3 Å². The standard InChI is InChI=1S/C14H19F2NO2/c1-4-17(13(2,3)12(18)19)10-14(15,16)11-8-6-5-7-9-11/h5-9H,4,10H2,1-3H3,(H,18,19). The third kappa shape index (κ3) is 3.50. The molecule has 0 saturated carbocycles. The highest BCUT2D eigenvalue weighted by Gasteiger charge is 2.41. The Kier molecular flexibility index (Phi) is 4.63. The SMILES string of the molecule is CCN(CC(F)(F)c1ccccc1)C(C)(C)C(=O)O. The summed E-state index contributed by atoms with van der Waals surface area (Å²) in [6.07, 6.45) is 0. The van der Waals surface area contributed by atoms with Crippen LogP contribution in [0.15, 0.2) is 30.3 Å². The maximum atomic E-state index is 14.2. The van der Waals surface area contributed by atoms with Crippen LogP contribution in [0.4, 0.5) is 8.78 Å². The van der Waals surface area contributed by atoms with Gasteiger partial charge in [0.1, 0.15) is 5.54 Å². The summed E-state index contributed by atoms with van der Waals surface area (Å²) in [4.78, 5) is 12.4. The van der Waals surface area contributed by atoms with Crippen molar-refractivity contribution in [2.24, 2.45) is 0 Å². The van der Waals surface area contributed by atoms with E-state index in [2.05, 4.69) is 0 Å². The highest BCUT2D eigenvalue weighted by molar-refractivity contribution is 5.77. The number of alkyl halides is 2. The molecular formula is C14H19F2NO2. The van der Waals surface area contributed by atoms with Gasteiger partial charge in [0.15, 0.2) is 0 Å². The summed E-state index contributed by atoms with van der Waals surface area (Å²) in [7, 11) is 0. The van der Waals surface area contributed by atoms with E-state index in [0.717, 1.165) is 0 Å². The fourth-order valence-corrected chi connectivity index (χ4v) is 1.85. The molecule has 0 spiro atoms. The van der Waals surface area contributed by atoms with Crippen molar-refractivity contribution in [3.8, 4) is 0 Å². The van der Waals surface area contributed by atoms with E-state index >= 15 is 0 Å². The molecular weight excluding hydrogens is 252 g/mol. The number of carbonyl (C=O) groups is 1. The summed E-state index contributed by atoms with van der Waals surface area (Å²) >= 11 is 0. The van der Waals surface area contributed by atoms with Gasteiger partial charge in [0, 0.05) is 5.56 Å². The minimum atomic E-state index is -3.08. The van der Waals surface area contributed by atoms with Crippen LogP contribution in [-0.4, -0.2) is 34.6 Å². The molecule has 106 valence electrons. The van der Waals surface area contributed by atoms with Gasteiger partial charge in [-0.25, -0.2) is 0 Å². The van der Waals surface area contributed by atoms with Crippen molar-refractivity contribution in [2.45, 2.75) is 32.2 Å². The number of hydrogen-bond donors (Lipinski definition) is 1. The second-order valence-corrected chi connectivity index (χ2v) is 4.95. The van der Waals surface area contributed by atoms with Crippen LogP contribution in [0, 0.1) is 0 Å². The molecule has 0 unspecified atom stereocenters.